The van der Waals surface area contributed by atoms with E-state index in [1.807, 2.05) is 44.2 Å². The third-order valence-corrected chi connectivity index (χ3v) is 6.86. The first-order valence-electron chi connectivity index (χ1n) is 11.9. The van der Waals surface area contributed by atoms with Crippen molar-refractivity contribution in [2.75, 3.05) is 37.3 Å². The van der Waals surface area contributed by atoms with Gasteiger partial charge in [-0.3, -0.25) is 13.9 Å². The number of amides is 2. The number of carbonyl (C=O) groups is 2. The number of unbranched alkanes of at least 4 members (excludes halogenated alkanes) is 1. The quantitative estimate of drug-likeness (QED) is 0.400. The first-order chi connectivity index (χ1) is 16.7. The Morgan fingerprint density at radius 2 is 1.69 bits per heavy atom. The lowest BCUT2D eigenvalue weighted by molar-refractivity contribution is -0.139. The van der Waals surface area contributed by atoms with Crippen molar-refractivity contribution in [3.05, 3.63) is 60.2 Å². The number of ether oxygens (including phenoxy) is 1. The van der Waals surface area contributed by atoms with Crippen molar-refractivity contribution in [3.8, 4) is 5.75 Å². The predicted octanol–water partition coefficient (Wildman–Crippen LogP) is 3.23. The molecular formula is C26H37N3O5S. The molecule has 0 radical (unpaired) electrons. The summed E-state index contributed by atoms with van der Waals surface area (Å²) in [5.74, 6) is -0.341. The number of para-hydroxylation sites is 2. The lowest BCUT2D eigenvalue weighted by atomic mass is 10.1. The summed E-state index contributed by atoms with van der Waals surface area (Å²) < 4.78 is 31.8. The molecule has 0 saturated heterocycles. The SMILES string of the molecule is CCCCNC(=O)C(CC)N(CCc1ccccc1)C(=O)CN(c1ccccc1OC)S(C)(=O)=O. The van der Waals surface area contributed by atoms with Gasteiger partial charge in [0.15, 0.2) is 0 Å². The second kappa shape index (κ2) is 13.7. The highest BCUT2D eigenvalue weighted by molar-refractivity contribution is 7.92. The van der Waals surface area contributed by atoms with Crippen molar-refractivity contribution in [2.45, 2.75) is 45.6 Å². The Kier molecular flexibility index (Phi) is 11.0. The van der Waals surface area contributed by atoms with Crippen LogP contribution in [0.5, 0.6) is 5.75 Å². The van der Waals surface area contributed by atoms with Crippen molar-refractivity contribution >= 4 is 27.5 Å². The molecule has 2 aromatic carbocycles. The van der Waals surface area contributed by atoms with Crippen LogP contribution < -0.4 is 14.4 Å². The Labute approximate surface area is 209 Å². The van der Waals surface area contributed by atoms with Gasteiger partial charge in [0.2, 0.25) is 21.8 Å². The molecule has 1 atom stereocenters. The van der Waals surface area contributed by atoms with Crippen LogP contribution in [0, 0.1) is 0 Å². The van der Waals surface area contributed by atoms with Crippen molar-refractivity contribution < 1.29 is 22.7 Å². The zero-order valence-corrected chi connectivity index (χ0v) is 21.9. The molecule has 8 nitrogen and oxygen atoms in total. The molecule has 35 heavy (non-hydrogen) atoms. The molecule has 1 unspecified atom stereocenters. The van der Waals surface area contributed by atoms with Crippen LogP contribution in [0.15, 0.2) is 54.6 Å². The largest absolute Gasteiger partial charge is 0.495 e. The molecule has 192 valence electrons. The third-order valence-electron chi connectivity index (χ3n) is 5.73. The highest BCUT2D eigenvalue weighted by atomic mass is 32.2. The average molecular weight is 504 g/mol. The molecule has 0 aliphatic carbocycles. The van der Waals surface area contributed by atoms with E-state index >= 15 is 0 Å². The van der Waals surface area contributed by atoms with Crippen LogP contribution in [0.4, 0.5) is 5.69 Å². The second-order valence-electron chi connectivity index (χ2n) is 8.33. The molecule has 0 heterocycles. The van der Waals surface area contributed by atoms with Crippen LogP contribution in [-0.2, 0) is 26.0 Å². The molecule has 9 heteroatoms. The van der Waals surface area contributed by atoms with Gasteiger partial charge >= 0.3 is 0 Å². The second-order valence-corrected chi connectivity index (χ2v) is 10.2. The van der Waals surface area contributed by atoms with Gasteiger partial charge in [-0.1, -0.05) is 62.7 Å². The van der Waals surface area contributed by atoms with E-state index in [2.05, 4.69) is 5.32 Å². The van der Waals surface area contributed by atoms with Gasteiger partial charge in [0.25, 0.3) is 0 Å². The van der Waals surface area contributed by atoms with E-state index in [1.54, 1.807) is 24.3 Å². The topological polar surface area (TPSA) is 96.0 Å². The average Bonchev–Trinajstić information content (AvgIpc) is 2.84. The fourth-order valence-corrected chi connectivity index (χ4v) is 4.69. The van der Waals surface area contributed by atoms with Gasteiger partial charge in [-0.2, -0.15) is 0 Å². The van der Waals surface area contributed by atoms with Gasteiger partial charge in [0.05, 0.1) is 19.1 Å². The smallest absolute Gasteiger partial charge is 0.244 e. The molecule has 0 saturated carbocycles. The fraction of sp³-hybridized carbons (Fsp3) is 0.462. The van der Waals surface area contributed by atoms with Crippen molar-refractivity contribution in [1.82, 2.24) is 10.2 Å². The van der Waals surface area contributed by atoms with Gasteiger partial charge < -0.3 is 15.0 Å². The van der Waals surface area contributed by atoms with Gasteiger partial charge in [0, 0.05) is 13.1 Å². The van der Waals surface area contributed by atoms with E-state index in [4.69, 9.17) is 4.74 Å². The van der Waals surface area contributed by atoms with Crippen LogP contribution in [0.2, 0.25) is 0 Å². The molecule has 2 aromatic rings. The molecule has 0 aromatic heterocycles. The van der Waals surface area contributed by atoms with Crippen LogP contribution in [0.1, 0.15) is 38.7 Å². The third kappa shape index (κ3) is 8.28. The molecule has 0 spiro atoms. The lowest BCUT2D eigenvalue weighted by Gasteiger charge is -2.33. The zero-order valence-electron chi connectivity index (χ0n) is 21.1. The maximum absolute atomic E-state index is 13.6. The number of hydrogen-bond donors (Lipinski definition) is 1. The minimum atomic E-state index is -3.81. The summed E-state index contributed by atoms with van der Waals surface area (Å²) in [6.45, 7) is 4.26. The number of sulfonamides is 1. The monoisotopic (exact) mass is 503 g/mol. The molecule has 0 aliphatic rings. The van der Waals surface area contributed by atoms with Crippen molar-refractivity contribution in [1.29, 1.82) is 0 Å². The summed E-state index contributed by atoms with van der Waals surface area (Å²) in [5, 5.41) is 2.92. The summed E-state index contributed by atoms with van der Waals surface area (Å²) in [5.41, 5.74) is 1.30. The van der Waals surface area contributed by atoms with E-state index in [-0.39, 0.29) is 18.1 Å². The van der Waals surface area contributed by atoms with Gasteiger partial charge in [-0.15, -0.1) is 0 Å². The Morgan fingerprint density at radius 1 is 1.03 bits per heavy atom. The van der Waals surface area contributed by atoms with Gasteiger partial charge in [0.1, 0.15) is 18.3 Å². The predicted molar refractivity (Wildman–Crippen MR) is 139 cm³/mol. The maximum Gasteiger partial charge on any atom is 0.244 e. The zero-order chi connectivity index (χ0) is 25.8. The molecule has 2 amide bonds. The summed E-state index contributed by atoms with van der Waals surface area (Å²) >= 11 is 0. The molecule has 1 N–H and O–H groups in total. The maximum atomic E-state index is 13.6. The summed E-state index contributed by atoms with van der Waals surface area (Å²) in [6, 6.07) is 15.6. The number of nitrogens with one attached hydrogen (secondary N) is 1. The standard InChI is InChI=1S/C26H37N3O5S/c1-5-7-18-27-26(31)22(6-2)28(19-17-21-13-9-8-10-14-21)25(30)20-29(35(4,32)33)23-15-11-12-16-24(23)34-3/h8-16,22H,5-7,17-20H2,1-4H3,(H,27,31). The number of benzene rings is 2. The fourth-order valence-electron chi connectivity index (χ4n) is 3.83. The van der Waals surface area contributed by atoms with E-state index in [1.165, 1.54) is 12.0 Å². The number of rotatable bonds is 14. The minimum Gasteiger partial charge on any atom is -0.495 e. The van der Waals surface area contributed by atoms with E-state index in [0.29, 0.717) is 25.1 Å². The first kappa shape index (κ1) is 28.2. The van der Waals surface area contributed by atoms with Crippen molar-refractivity contribution in [3.63, 3.8) is 0 Å². The Morgan fingerprint density at radius 3 is 2.29 bits per heavy atom. The number of hydrogen-bond acceptors (Lipinski definition) is 5. The van der Waals surface area contributed by atoms with Crippen LogP contribution in [0.25, 0.3) is 0 Å². The molecule has 2 rings (SSSR count). The highest BCUT2D eigenvalue weighted by Crippen LogP contribution is 2.29. The number of nitrogens with zero attached hydrogens (tertiary/aromatic N) is 2. The first-order valence-corrected chi connectivity index (χ1v) is 13.8. The Balaban J connectivity index is 2.36. The molecule has 0 fully saturated rings. The molecular weight excluding hydrogens is 466 g/mol. The number of anilines is 1. The van der Waals surface area contributed by atoms with Crippen LogP contribution >= 0.6 is 0 Å². The number of methoxy groups -OCH3 is 1. The lowest BCUT2D eigenvalue weighted by Crippen LogP contribution is -2.53. The van der Waals surface area contributed by atoms with Gasteiger partial charge in [-0.05, 0) is 37.0 Å². The summed E-state index contributed by atoms with van der Waals surface area (Å²) in [4.78, 5) is 28.1. The molecule has 0 bridgehead atoms. The number of carbonyl (C=O) groups excluding carboxylic acids is 2. The molecule has 0 aliphatic heterocycles. The normalized spacial score (nSPS) is 12.0. The minimum absolute atomic E-state index is 0.231. The van der Waals surface area contributed by atoms with E-state index in [9.17, 15) is 18.0 Å². The van der Waals surface area contributed by atoms with Crippen LogP contribution in [-0.4, -0.2) is 64.2 Å². The van der Waals surface area contributed by atoms with Gasteiger partial charge in [-0.25, -0.2) is 8.42 Å². The highest BCUT2D eigenvalue weighted by Gasteiger charge is 2.32. The van der Waals surface area contributed by atoms with E-state index in [0.717, 1.165) is 29.0 Å². The van der Waals surface area contributed by atoms with Crippen LogP contribution in [0.3, 0.4) is 0 Å². The summed E-state index contributed by atoms with van der Waals surface area (Å²) in [7, 11) is -2.37. The Bertz CT molecular complexity index is 1060. The van der Waals surface area contributed by atoms with E-state index < -0.39 is 28.5 Å². The Hall–Kier alpha value is -3.07. The van der Waals surface area contributed by atoms with Crippen molar-refractivity contribution in [2.24, 2.45) is 0 Å². The summed E-state index contributed by atoms with van der Waals surface area (Å²) in [6.07, 6.45) is 3.78.